The Kier molecular flexibility index (Phi) is 6.85. The molecule has 0 spiro atoms. The van der Waals surface area contributed by atoms with Crippen LogP contribution in [0.2, 0.25) is 5.15 Å². The van der Waals surface area contributed by atoms with E-state index in [1.165, 1.54) is 25.1 Å². The molecule has 1 aromatic carbocycles. The van der Waals surface area contributed by atoms with Crippen molar-refractivity contribution in [2.75, 3.05) is 12.3 Å². The van der Waals surface area contributed by atoms with Crippen LogP contribution in [-0.4, -0.2) is 43.2 Å². The lowest BCUT2D eigenvalue weighted by Gasteiger charge is -2.23. The van der Waals surface area contributed by atoms with Crippen LogP contribution in [0.15, 0.2) is 42.7 Å². The third-order valence-electron chi connectivity index (χ3n) is 5.11. The van der Waals surface area contributed by atoms with Gasteiger partial charge in [0, 0.05) is 12.0 Å². The summed E-state index contributed by atoms with van der Waals surface area (Å²) in [5.74, 6) is -2.08. The van der Waals surface area contributed by atoms with Crippen LogP contribution in [0, 0.1) is 11.7 Å². The number of aromatic nitrogens is 4. The number of nitrogen functional groups attached to an aromatic ring is 1. The van der Waals surface area contributed by atoms with E-state index in [1.807, 2.05) is 12.2 Å². The minimum atomic E-state index is -4.16. The number of carboxylic acid groups (broad SMARTS) is 1. The molecule has 1 aliphatic rings. The molecule has 3 aromatic rings. The molecular formula is C20H21ClFN6O5P. The van der Waals surface area contributed by atoms with E-state index < -0.39 is 25.6 Å². The second-order valence-electron chi connectivity index (χ2n) is 7.68. The number of allylic oxidation sites excluding steroid dienone is 1. The van der Waals surface area contributed by atoms with Crippen molar-refractivity contribution in [2.24, 2.45) is 5.92 Å². The average Bonchev–Trinajstić information content (AvgIpc) is 3.39. The lowest BCUT2D eigenvalue weighted by molar-refractivity contribution is -0.138. The van der Waals surface area contributed by atoms with E-state index in [4.69, 9.17) is 26.4 Å². The number of hydrogen-bond acceptors (Lipinski definition) is 8. The Morgan fingerprint density at radius 3 is 2.97 bits per heavy atom. The normalized spacial score (nSPS) is 20.3. The van der Waals surface area contributed by atoms with Gasteiger partial charge in [-0.25, -0.2) is 13.9 Å². The molecule has 2 unspecified atom stereocenters. The summed E-state index contributed by atoms with van der Waals surface area (Å²) in [6, 6.07) is 3.59. The number of benzene rings is 1. The molecule has 4 atom stereocenters. The third kappa shape index (κ3) is 5.36. The Balaban J connectivity index is 1.46. The summed E-state index contributed by atoms with van der Waals surface area (Å²) in [6.45, 7) is 1.24. The monoisotopic (exact) mass is 510 g/mol. The van der Waals surface area contributed by atoms with E-state index in [2.05, 4.69) is 20.0 Å². The molecule has 2 heterocycles. The van der Waals surface area contributed by atoms with Gasteiger partial charge in [-0.1, -0.05) is 29.8 Å². The van der Waals surface area contributed by atoms with Gasteiger partial charge in [0.15, 0.2) is 10.8 Å². The molecule has 0 amide bonds. The molecule has 0 aliphatic heterocycles. The molecule has 180 valence electrons. The first-order valence-corrected chi connectivity index (χ1v) is 12.1. The Hall–Kier alpha value is -3.05. The third-order valence-corrected chi connectivity index (χ3v) is 7.01. The molecule has 4 N–H and O–H groups in total. The molecule has 34 heavy (non-hydrogen) atoms. The fourth-order valence-corrected chi connectivity index (χ4v) is 5.23. The summed E-state index contributed by atoms with van der Waals surface area (Å²) in [6.07, 6.45) is 5.90. The van der Waals surface area contributed by atoms with Gasteiger partial charge in [0.25, 0.3) is 0 Å². The quantitative estimate of drug-likeness (QED) is 0.221. The maximum atomic E-state index is 13.5. The molecule has 0 fully saturated rings. The van der Waals surface area contributed by atoms with Gasteiger partial charge in [0.2, 0.25) is 5.95 Å². The minimum Gasteiger partial charge on any atom is -0.480 e. The van der Waals surface area contributed by atoms with E-state index in [1.54, 1.807) is 10.9 Å². The summed E-state index contributed by atoms with van der Waals surface area (Å²) in [5.41, 5.74) is 6.60. The van der Waals surface area contributed by atoms with E-state index in [-0.39, 0.29) is 35.4 Å². The molecule has 0 saturated carbocycles. The van der Waals surface area contributed by atoms with E-state index >= 15 is 0 Å². The van der Waals surface area contributed by atoms with Crippen molar-refractivity contribution in [1.82, 2.24) is 24.6 Å². The van der Waals surface area contributed by atoms with Crippen LogP contribution in [0.1, 0.15) is 19.4 Å². The minimum absolute atomic E-state index is 0.0233. The smallest absolute Gasteiger partial charge is 0.459 e. The fraction of sp³-hybridized carbons (Fsp3) is 0.300. The maximum absolute atomic E-state index is 13.5. The van der Waals surface area contributed by atoms with Crippen molar-refractivity contribution in [3.05, 3.63) is 53.7 Å². The predicted octanol–water partition coefficient (Wildman–Crippen LogP) is 3.58. The summed E-state index contributed by atoms with van der Waals surface area (Å²) >= 11 is 6.09. The zero-order valence-electron chi connectivity index (χ0n) is 17.8. The van der Waals surface area contributed by atoms with Gasteiger partial charge in [-0.3, -0.25) is 9.32 Å². The lowest BCUT2D eigenvalue weighted by Crippen LogP contribution is -2.33. The Morgan fingerprint density at radius 1 is 1.44 bits per heavy atom. The van der Waals surface area contributed by atoms with Crippen molar-refractivity contribution >= 4 is 42.4 Å². The second kappa shape index (κ2) is 9.67. The molecular weight excluding hydrogens is 490 g/mol. The molecule has 4 rings (SSSR count). The summed E-state index contributed by atoms with van der Waals surface area (Å²) in [5, 5.41) is 11.7. The number of nitrogens with zero attached hydrogens (tertiary/aromatic N) is 4. The number of halogens is 2. The van der Waals surface area contributed by atoms with Crippen LogP contribution in [0.3, 0.4) is 0 Å². The van der Waals surface area contributed by atoms with Crippen LogP contribution in [-0.2, 0) is 13.9 Å². The Morgan fingerprint density at radius 2 is 2.24 bits per heavy atom. The number of imidazole rings is 1. The first-order chi connectivity index (χ1) is 16.1. The van der Waals surface area contributed by atoms with Crippen molar-refractivity contribution < 1.29 is 27.9 Å². The number of anilines is 1. The molecule has 0 saturated heterocycles. The van der Waals surface area contributed by atoms with E-state index in [9.17, 15) is 18.9 Å². The van der Waals surface area contributed by atoms with Gasteiger partial charge in [-0.05, 0) is 25.5 Å². The largest absolute Gasteiger partial charge is 0.480 e. The van der Waals surface area contributed by atoms with Crippen LogP contribution < -0.4 is 15.3 Å². The SMILES string of the molecule is CC(NP(=O)(OC[C@@H]1C=C[C@H](n2cnc3c(Cl)nc(N)nc32)C1)Oc1cccc(F)c1)C(=O)O. The molecule has 1 aliphatic carbocycles. The Bertz CT molecular complexity index is 1300. The standard InChI is InChI=1S/C20H21ClFN6O5P/c1-11(19(29)30)27-34(31,33-15-4-2-3-13(22)8-15)32-9-12-5-6-14(7-12)28-10-24-16-17(21)25-20(23)26-18(16)28/h2-6,8,10-12,14H,7,9H2,1H3,(H,27,31)(H,29,30)(H2,23,25,26)/t11?,12-,14+,34?/m1/s1. The van der Waals surface area contributed by atoms with Crippen molar-refractivity contribution in [3.63, 3.8) is 0 Å². The van der Waals surface area contributed by atoms with Gasteiger partial charge in [0.05, 0.1) is 19.0 Å². The highest BCUT2D eigenvalue weighted by Crippen LogP contribution is 2.46. The molecule has 0 radical (unpaired) electrons. The lowest BCUT2D eigenvalue weighted by atomic mass is 10.1. The zero-order chi connectivity index (χ0) is 24.5. The molecule has 11 nitrogen and oxygen atoms in total. The van der Waals surface area contributed by atoms with Crippen molar-refractivity contribution in [3.8, 4) is 5.75 Å². The number of carbonyl (C=O) groups is 1. The van der Waals surface area contributed by atoms with Crippen molar-refractivity contribution in [1.29, 1.82) is 0 Å². The van der Waals surface area contributed by atoms with E-state index in [0.717, 1.165) is 6.07 Å². The predicted molar refractivity (Wildman–Crippen MR) is 122 cm³/mol. The molecule has 0 bridgehead atoms. The Labute approximate surface area is 198 Å². The fourth-order valence-electron chi connectivity index (χ4n) is 3.46. The molecule has 14 heteroatoms. The number of nitrogens with two attached hydrogens (primary N) is 1. The summed E-state index contributed by atoms with van der Waals surface area (Å²) < 4.78 is 39.6. The number of aliphatic carboxylic acids is 1. The van der Waals surface area contributed by atoms with Gasteiger partial charge in [0.1, 0.15) is 23.1 Å². The highest BCUT2D eigenvalue weighted by atomic mass is 35.5. The van der Waals surface area contributed by atoms with Gasteiger partial charge in [-0.2, -0.15) is 15.1 Å². The first-order valence-electron chi connectivity index (χ1n) is 10.2. The summed E-state index contributed by atoms with van der Waals surface area (Å²) in [4.78, 5) is 23.6. The average molecular weight is 511 g/mol. The highest BCUT2D eigenvalue weighted by molar-refractivity contribution is 7.52. The molecule has 2 aromatic heterocycles. The topological polar surface area (TPSA) is 154 Å². The number of hydrogen-bond donors (Lipinski definition) is 3. The van der Waals surface area contributed by atoms with Crippen LogP contribution in [0.25, 0.3) is 11.2 Å². The second-order valence-corrected chi connectivity index (χ2v) is 9.73. The number of rotatable bonds is 9. The number of fused-ring (bicyclic) bond motifs is 1. The summed E-state index contributed by atoms with van der Waals surface area (Å²) in [7, 11) is -4.16. The van der Waals surface area contributed by atoms with Gasteiger partial charge < -0.3 is 19.9 Å². The zero-order valence-corrected chi connectivity index (χ0v) is 19.5. The van der Waals surface area contributed by atoms with Crippen LogP contribution >= 0.6 is 19.3 Å². The van der Waals surface area contributed by atoms with Crippen molar-refractivity contribution in [2.45, 2.75) is 25.4 Å². The van der Waals surface area contributed by atoms with E-state index in [0.29, 0.717) is 17.6 Å². The number of carboxylic acids is 1. The van der Waals surface area contributed by atoms with Gasteiger partial charge in [-0.15, -0.1) is 0 Å². The highest BCUT2D eigenvalue weighted by Gasteiger charge is 2.33. The van der Waals surface area contributed by atoms with Crippen LogP contribution in [0.5, 0.6) is 5.75 Å². The van der Waals surface area contributed by atoms with Crippen LogP contribution in [0.4, 0.5) is 10.3 Å². The maximum Gasteiger partial charge on any atom is 0.459 e. The first kappa shape index (κ1) is 24.1. The van der Waals surface area contributed by atoms with Gasteiger partial charge >= 0.3 is 13.7 Å². The number of nitrogens with one attached hydrogen (secondary N) is 1.